The lowest BCUT2D eigenvalue weighted by molar-refractivity contribution is -0.122. The Morgan fingerprint density at radius 3 is 2.91 bits per heavy atom. The van der Waals surface area contributed by atoms with E-state index in [9.17, 15) is 4.79 Å². The number of amides is 1. The number of carbonyl (C=O) groups is 1. The summed E-state index contributed by atoms with van der Waals surface area (Å²) in [6, 6.07) is 5.77. The van der Waals surface area contributed by atoms with Crippen LogP contribution in [0, 0.1) is 5.92 Å². The molecular weight excluding hydrogens is 276 g/mol. The highest BCUT2D eigenvalue weighted by molar-refractivity contribution is 5.76. The van der Waals surface area contributed by atoms with Crippen LogP contribution in [0.4, 0.5) is 0 Å². The fourth-order valence-electron chi connectivity index (χ4n) is 3.09. The second-order valence-corrected chi connectivity index (χ2v) is 6.04. The SMILES string of the molecule is O=C(CC1CCCCC1)NCc1cncc(-c2ccco2)c1. The van der Waals surface area contributed by atoms with Crippen molar-refractivity contribution < 1.29 is 9.21 Å². The summed E-state index contributed by atoms with van der Waals surface area (Å²) >= 11 is 0. The van der Waals surface area contributed by atoms with E-state index < -0.39 is 0 Å². The van der Waals surface area contributed by atoms with Crippen LogP contribution in [0.5, 0.6) is 0 Å². The van der Waals surface area contributed by atoms with Crippen molar-refractivity contribution in [1.82, 2.24) is 10.3 Å². The van der Waals surface area contributed by atoms with Crippen LogP contribution in [0.25, 0.3) is 11.3 Å². The van der Waals surface area contributed by atoms with Gasteiger partial charge in [-0.2, -0.15) is 0 Å². The summed E-state index contributed by atoms with van der Waals surface area (Å²) in [5.74, 6) is 1.51. The average molecular weight is 298 g/mol. The summed E-state index contributed by atoms with van der Waals surface area (Å²) in [7, 11) is 0. The van der Waals surface area contributed by atoms with E-state index in [1.165, 1.54) is 32.1 Å². The highest BCUT2D eigenvalue weighted by Crippen LogP contribution is 2.26. The number of rotatable bonds is 5. The fraction of sp³-hybridized carbons (Fsp3) is 0.444. The maximum Gasteiger partial charge on any atom is 0.220 e. The van der Waals surface area contributed by atoms with Crippen molar-refractivity contribution in [3.63, 3.8) is 0 Å². The predicted octanol–water partition coefficient (Wildman–Crippen LogP) is 3.93. The lowest BCUT2D eigenvalue weighted by atomic mass is 9.87. The molecule has 4 heteroatoms. The van der Waals surface area contributed by atoms with Gasteiger partial charge in [0, 0.05) is 30.9 Å². The van der Waals surface area contributed by atoms with Gasteiger partial charge in [-0.3, -0.25) is 9.78 Å². The molecule has 1 N–H and O–H groups in total. The van der Waals surface area contributed by atoms with Crippen LogP contribution in [0.3, 0.4) is 0 Å². The first-order valence-corrected chi connectivity index (χ1v) is 8.06. The van der Waals surface area contributed by atoms with Gasteiger partial charge < -0.3 is 9.73 Å². The number of carbonyl (C=O) groups excluding carboxylic acids is 1. The first-order valence-electron chi connectivity index (χ1n) is 8.06. The molecule has 0 aliphatic heterocycles. The molecule has 3 rings (SSSR count). The van der Waals surface area contributed by atoms with Gasteiger partial charge in [-0.05, 0) is 42.5 Å². The second kappa shape index (κ2) is 7.25. The molecule has 2 aromatic rings. The Morgan fingerprint density at radius 1 is 1.27 bits per heavy atom. The van der Waals surface area contributed by atoms with Gasteiger partial charge in [0.05, 0.1) is 6.26 Å². The number of aromatic nitrogens is 1. The first kappa shape index (κ1) is 14.8. The van der Waals surface area contributed by atoms with E-state index in [1.54, 1.807) is 18.7 Å². The van der Waals surface area contributed by atoms with E-state index in [2.05, 4.69) is 10.3 Å². The summed E-state index contributed by atoms with van der Waals surface area (Å²) in [5, 5.41) is 3.01. The summed E-state index contributed by atoms with van der Waals surface area (Å²) < 4.78 is 5.37. The molecule has 1 aliphatic carbocycles. The third-order valence-electron chi connectivity index (χ3n) is 4.29. The summed E-state index contributed by atoms with van der Waals surface area (Å²) in [6.07, 6.45) is 12.1. The molecule has 1 aliphatic rings. The van der Waals surface area contributed by atoms with Gasteiger partial charge in [0.25, 0.3) is 0 Å². The highest BCUT2D eigenvalue weighted by Gasteiger charge is 2.16. The maximum absolute atomic E-state index is 12.0. The molecule has 0 aromatic carbocycles. The van der Waals surface area contributed by atoms with E-state index in [-0.39, 0.29) is 5.91 Å². The van der Waals surface area contributed by atoms with Crippen LogP contribution < -0.4 is 5.32 Å². The van der Waals surface area contributed by atoms with Gasteiger partial charge in [0.1, 0.15) is 5.76 Å². The molecule has 0 atom stereocenters. The number of pyridine rings is 1. The largest absolute Gasteiger partial charge is 0.464 e. The minimum Gasteiger partial charge on any atom is -0.464 e. The average Bonchev–Trinajstić information content (AvgIpc) is 3.09. The minimum atomic E-state index is 0.148. The Morgan fingerprint density at radius 2 is 2.14 bits per heavy atom. The topological polar surface area (TPSA) is 55.1 Å². The van der Waals surface area contributed by atoms with Crippen LogP contribution in [0.2, 0.25) is 0 Å². The molecule has 0 spiro atoms. The van der Waals surface area contributed by atoms with E-state index in [4.69, 9.17) is 4.42 Å². The molecule has 0 bridgehead atoms. The molecule has 4 nitrogen and oxygen atoms in total. The Balaban J connectivity index is 1.52. The Bertz CT molecular complexity index is 601. The third-order valence-corrected chi connectivity index (χ3v) is 4.29. The number of hydrogen-bond acceptors (Lipinski definition) is 3. The Hall–Kier alpha value is -2.10. The molecule has 2 aromatic heterocycles. The van der Waals surface area contributed by atoms with Crippen LogP contribution in [-0.4, -0.2) is 10.9 Å². The molecule has 0 unspecified atom stereocenters. The van der Waals surface area contributed by atoms with Crippen molar-refractivity contribution in [3.05, 3.63) is 42.4 Å². The zero-order chi connectivity index (χ0) is 15.2. The molecule has 116 valence electrons. The van der Waals surface area contributed by atoms with Gasteiger partial charge in [0.2, 0.25) is 5.91 Å². The third kappa shape index (κ3) is 3.97. The fourth-order valence-corrected chi connectivity index (χ4v) is 3.09. The molecule has 1 saturated carbocycles. The molecule has 2 heterocycles. The van der Waals surface area contributed by atoms with Gasteiger partial charge in [-0.25, -0.2) is 0 Å². The quantitative estimate of drug-likeness (QED) is 0.910. The summed E-state index contributed by atoms with van der Waals surface area (Å²) in [4.78, 5) is 16.3. The van der Waals surface area contributed by atoms with Crippen molar-refractivity contribution in [3.8, 4) is 11.3 Å². The summed E-state index contributed by atoms with van der Waals surface area (Å²) in [6.45, 7) is 0.521. The molecule has 1 fully saturated rings. The molecule has 1 amide bonds. The van der Waals surface area contributed by atoms with E-state index in [1.807, 2.05) is 18.2 Å². The highest BCUT2D eigenvalue weighted by atomic mass is 16.3. The number of furan rings is 1. The van der Waals surface area contributed by atoms with Gasteiger partial charge >= 0.3 is 0 Å². The molecule has 0 radical (unpaired) electrons. The first-order chi connectivity index (χ1) is 10.8. The van der Waals surface area contributed by atoms with Crippen LogP contribution in [-0.2, 0) is 11.3 Å². The normalized spacial score (nSPS) is 15.6. The Labute approximate surface area is 130 Å². The lowest BCUT2D eigenvalue weighted by Gasteiger charge is -2.20. The van der Waals surface area contributed by atoms with Crippen LogP contribution in [0.15, 0.2) is 41.3 Å². The smallest absolute Gasteiger partial charge is 0.220 e. The molecule has 0 saturated heterocycles. The number of nitrogens with zero attached hydrogens (tertiary/aromatic N) is 1. The second-order valence-electron chi connectivity index (χ2n) is 6.04. The van der Waals surface area contributed by atoms with E-state index in [0.717, 1.165) is 16.9 Å². The van der Waals surface area contributed by atoms with E-state index in [0.29, 0.717) is 18.9 Å². The van der Waals surface area contributed by atoms with Crippen molar-refractivity contribution in [1.29, 1.82) is 0 Å². The maximum atomic E-state index is 12.0. The van der Waals surface area contributed by atoms with Crippen LogP contribution >= 0.6 is 0 Å². The zero-order valence-corrected chi connectivity index (χ0v) is 12.8. The molecule has 22 heavy (non-hydrogen) atoms. The van der Waals surface area contributed by atoms with Gasteiger partial charge in [-0.15, -0.1) is 0 Å². The Kier molecular flexibility index (Phi) is 4.88. The van der Waals surface area contributed by atoms with E-state index >= 15 is 0 Å². The predicted molar refractivity (Wildman–Crippen MR) is 85.0 cm³/mol. The van der Waals surface area contributed by atoms with Gasteiger partial charge in [0.15, 0.2) is 0 Å². The zero-order valence-electron chi connectivity index (χ0n) is 12.8. The molecular formula is C18H22N2O2. The monoisotopic (exact) mass is 298 g/mol. The standard InChI is InChI=1S/C18H22N2O2/c21-18(10-14-5-2-1-3-6-14)20-12-15-9-16(13-19-11-15)17-7-4-8-22-17/h4,7-9,11,13-14H,1-3,5-6,10,12H2,(H,20,21). The van der Waals surface area contributed by atoms with Gasteiger partial charge in [-0.1, -0.05) is 19.3 Å². The summed E-state index contributed by atoms with van der Waals surface area (Å²) in [5.41, 5.74) is 1.93. The van der Waals surface area contributed by atoms with Crippen molar-refractivity contribution in [2.45, 2.75) is 45.1 Å². The van der Waals surface area contributed by atoms with Crippen molar-refractivity contribution >= 4 is 5.91 Å². The minimum absolute atomic E-state index is 0.148. The van der Waals surface area contributed by atoms with Crippen molar-refractivity contribution in [2.24, 2.45) is 5.92 Å². The van der Waals surface area contributed by atoms with Crippen molar-refractivity contribution in [2.75, 3.05) is 0 Å². The number of nitrogens with one attached hydrogen (secondary N) is 1. The number of hydrogen-bond donors (Lipinski definition) is 1. The lowest BCUT2D eigenvalue weighted by Crippen LogP contribution is -2.25. The van der Waals surface area contributed by atoms with Crippen LogP contribution in [0.1, 0.15) is 44.1 Å².